The van der Waals surface area contributed by atoms with Crippen molar-refractivity contribution in [1.82, 2.24) is 0 Å². The van der Waals surface area contributed by atoms with Crippen molar-refractivity contribution in [3.63, 3.8) is 0 Å². The van der Waals surface area contributed by atoms with Crippen molar-refractivity contribution in [2.45, 2.75) is 6.92 Å². The summed E-state index contributed by atoms with van der Waals surface area (Å²) < 4.78 is 0. The first-order chi connectivity index (χ1) is 9.08. The highest BCUT2D eigenvalue weighted by Crippen LogP contribution is 2.22. The Hall–Kier alpha value is -2.06. The van der Waals surface area contributed by atoms with E-state index in [1.807, 2.05) is 31.2 Å². The van der Waals surface area contributed by atoms with E-state index < -0.39 is 0 Å². The maximum atomic E-state index is 12.1. The van der Waals surface area contributed by atoms with Gasteiger partial charge in [0.05, 0.1) is 0 Å². The van der Waals surface area contributed by atoms with Gasteiger partial charge in [-0.2, -0.15) is 0 Å². The van der Waals surface area contributed by atoms with Gasteiger partial charge in [0.15, 0.2) is 0 Å². The van der Waals surface area contributed by atoms with Crippen molar-refractivity contribution in [3.8, 4) is 0 Å². The molecule has 0 aliphatic rings. The first-order valence-corrected chi connectivity index (χ1v) is 6.27. The van der Waals surface area contributed by atoms with Gasteiger partial charge < -0.3 is 5.32 Å². The van der Waals surface area contributed by atoms with Crippen molar-refractivity contribution in [1.29, 1.82) is 0 Å². The van der Waals surface area contributed by atoms with E-state index in [0.717, 1.165) is 16.8 Å². The fourth-order valence-corrected chi connectivity index (χ4v) is 1.98. The average molecular weight is 272 g/mol. The van der Waals surface area contributed by atoms with Crippen LogP contribution in [0.5, 0.6) is 0 Å². The molecule has 0 aliphatic carbocycles. The molecule has 2 nitrogen and oxygen atoms in total. The number of anilines is 1. The molecule has 0 radical (unpaired) electrons. The van der Waals surface area contributed by atoms with Crippen LogP contribution in [-0.4, -0.2) is 5.91 Å². The Balaban J connectivity index is 2.27. The summed E-state index contributed by atoms with van der Waals surface area (Å²) in [6, 6.07) is 14.4. The Bertz CT molecular complexity index is 634. The lowest BCUT2D eigenvalue weighted by atomic mass is 10.1. The summed E-state index contributed by atoms with van der Waals surface area (Å²) in [5.74, 6) is -0.184. The number of carbonyl (C=O) groups is 1. The molecule has 3 heteroatoms. The molecule has 0 aliphatic heterocycles. The number of hydrogen-bond acceptors (Lipinski definition) is 1. The molecule has 0 spiro atoms. The molecule has 0 saturated carbocycles. The second kappa shape index (κ2) is 5.72. The van der Waals surface area contributed by atoms with Crippen molar-refractivity contribution in [3.05, 3.63) is 71.3 Å². The Kier molecular flexibility index (Phi) is 4.03. The standard InChI is InChI=1S/C16H14ClNO/c1-11(2)14-8-3-4-9-15(14)18-16(19)12-6-5-7-13(17)10-12/h3-10H,1H2,2H3,(H,18,19). The maximum Gasteiger partial charge on any atom is 0.255 e. The van der Waals surface area contributed by atoms with Gasteiger partial charge in [-0.3, -0.25) is 4.79 Å². The van der Waals surface area contributed by atoms with Gasteiger partial charge in [-0.15, -0.1) is 0 Å². The molecule has 0 aromatic heterocycles. The number of allylic oxidation sites excluding steroid dienone is 1. The van der Waals surface area contributed by atoms with Crippen LogP contribution in [-0.2, 0) is 0 Å². The minimum Gasteiger partial charge on any atom is -0.321 e. The third kappa shape index (κ3) is 3.24. The molecule has 1 amide bonds. The first kappa shape index (κ1) is 13.4. The summed E-state index contributed by atoms with van der Waals surface area (Å²) in [5, 5.41) is 3.42. The number of rotatable bonds is 3. The summed E-state index contributed by atoms with van der Waals surface area (Å²) in [6.45, 7) is 5.81. The lowest BCUT2D eigenvalue weighted by Gasteiger charge is -2.11. The molecule has 0 saturated heterocycles. The third-order valence-electron chi connectivity index (χ3n) is 2.72. The number of carbonyl (C=O) groups excluding carboxylic acids is 1. The molecule has 2 rings (SSSR count). The van der Waals surface area contributed by atoms with Crippen LogP contribution in [0, 0.1) is 0 Å². The van der Waals surface area contributed by atoms with Crippen LogP contribution in [0.15, 0.2) is 55.1 Å². The Morgan fingerprint density at radius 2 is 1.89 bits per heavy atom. The zero-order valence-electron chi connectivity index (χ0n) is 10.6. The summed E-state index contributed by atoms with van der Waals surface area (Å²) in [7, 11) is 0. The smallest absolute Gasteiger partial charge is 0.255 e. The van der Waals surface area contributed by atoms with E-state index in [9.17, 15) is 4.79 Å². The number of benzene rings is 2. The lowest BCUT2D eigenvalue weighted by Crippen LogP contribution is -2.12. The molecular formula is C16H14ClNO. The number of nitrogens with one attached hydrogen (secondary N) is 1. The van der Waals surface area contributed by atoms with Gasteiger partial charge in [-0.1, -0.05) is 42.4 Å². The number of hydrogen-bond donors (Lipinski definition) is 1. The largest absolute Gasteiger partial charge is 0.321 e. The van der Waals surface area contributed by atoms with Crippen LogP contribution in [0.1, 0.15) is 22.8 Å². The third-order valence-corrected chi connectivity index (χ3v) is 2.96. The van der Waals surface area contributed by atoms with Crippen LogP contribution in [0.2, 0.25) is 5.02 Å². The monoisotopic (exact) mass is 271 g/mol. The molecule has 0 unspecified atom stereocenters. The average Bonchev–Trinajstić information content (AvgIpc) is 2.39. The molecule has 96 valence electrons. The number of amides is 1. The molecule has 0 heterocycles. The highest BCUT2D eigenvalue weighted by Gasteiger charge is 2.09. The zero-order chi connectivity index (χ0) is 13.8. The van der Waals surface area contributed by atoms with Gasteiger partial charge in [0.25, 0.3) is 5.91 Å². The Labute approximate surface area is 117 Å². The molecule has 1 N–H and O–H groups in total. The SMILES string of the molecule is C=C(C)c1ccccc1NC(=O)c1cccc(Cl)c1. The minimum atomic E-state index is -0.184. The molecular weight excluding hydrogens is 258 g/mol. The minimum absolute atomic E-state index is 0.184. The van der Waals surface area contributed by atoms with E-state index in [2.05, 4.69) is 11.9 Å². The van der Waals surface area contributed by atoms with Crippen molar-refractivity contribution >= 4 is 28.8 Å². The maximum absolute atomic E-state index is 12.1. The van der Waals surface area contributed by atoms with Gasteiger partial charge >= 0.3 is 0 Å². The van der Waals surface area contributed by atoms with Crippen molar-refractivity contribution < 1.29 is 4.79 Å². The second-order valence-corrected chi connectivity index (χ2v) is 4.73. The van der Waals surface area contributed by atoms with Gasteiger partial charge in [-0.05, 0) is 36.8 Å². The molecule has 19 heavy (non-hydrogen) atoms. The second-order valence-electron chi connectivity index (χ2n) is 4.29. The van der Waals surface area contributed by atoms with Crippen molar-refractivity contribution in [2.24, 2.45) is 0 Å². The van der Waals surface area contributed by atoms with Crippen LogP contribution in [0.25, 0.3) is 5.57 Å². The van der Waals surface area contributed by atoms with Crippen LogP contribution < -0.4 is 5.32 Å². The van der Waals surface area contributed by atoms with E-state index in [0.29, 0.717) is 10.6 Å². The first-order valence-electron chi connectivity index (χ1n) is 5.90. The van der Waals surface area contributed by atoms with E-state index >= 15 is 0 Å². The van der Waals surface area contributed by atoms with E-state index in [4.69, 9.17) is 11.6 Å². The van der Waals surface area contributed by atoms with Gasteiger partial charge in [0.1, 0.15) is 0 Å². The molecule has 2 aromatic carbocycles. The molecule has 0 fully saturated rings. The topological polar surface area (TPSA) is 29.1 Å². The summed E-state index contributed by atoms with van der Waals surface area (Å²) in [4.78, 5) is 12.1. The fourth-order valence-electron chi connectivity index (χ4n) is 1.79. The van der Waals surface area contributed by atoms with Gasteiger partial charge in [-0.25, -0.2) is 0 Å². The molecule has 0 bridgehead atoms. The highest BCUT2D eigenvalue weighted by atomic mass is 35.5. The highest BCUT2D eigenvalue weighted by molar-refractivity contribution is 6.31. The number of halogens is 1. The van der Waals surface area contributed by atoms with Crippen LogP contribution in [0.4, 0.5) is 5.69 Å². The predicted octanol–water partition coefficient (Wildman–Crippen LogP) is 4.63. The van der Waals surface area contributed by atoms with Crippen molar-refractivity contribution in [2.75, 3.05) is 5.32 Å². The van der Waals surface area contributed by atoms with Crippen LogP contribution in [0.3, 0.4) is 0 Å². The van der Waals surface area contributed by atoms with E-state index in [-0.39, 0.29) is 5.91 Å². The fraction of sp³-hybridized carbons (Fsp3) is 0.0625. The van der Waals surface area contributed by atoms with E-state index in [1.165, 1.54) is 0 Å². The Morgan fingerprint density at radius 1 is 1.16 bits per heavy atom. The molecule has 2 aromatic rings. The number of para-hydroxylation sites is 1. The van der Waals surface area contributed by atoms with E-state index in [1.54, 1.807) is 24.3 Å². The summed E-state index contributed by atoms with van der Waals surface area (Å²) in [6.07, 6.45) is 0. The normalized spacial score (nSPS) is 10.0. The van der Waals surface area contributed by atoms with Crippen LogP contribution >= 0.6 is 11.6 Å². The molecule has 0 atom stereocenters. The van der Waals surface area contributed by atoms with Gasteiger partial charge in [0, 0.05) is 21.8 Å². The Morgan fingerprint density at radius 3 is 2.58 bits per heavy atom. The summed E-state index contributed by atoms with van der Waals surface area (Å²) in [5.41, 5.74) is 3.11. The quantitative estimate of drug-likeness (QED) is 0.867. The summed E-state index contributed by atoms with van der Waals surface area (Å²) >= 11 is 5.88. The predicted molar refractivity (Wildman–Crippen MR) is 80.6 cm³/mol. The zero-order valence-corrected chi connectivity index (χ0v) is 11.4. The van der Waals surface area contributed by atoms with Gasteiger partial charge in [0.2, 0.25) is 0 Å². The lowest BCUT2D eigenvalue weighted by molar-refractivity contribution is 0.102.